The van der Waals surface area contributed by atoms with Gasteiger partial charge in [0, 0.05) is 12.5 Å². The van der Waals surface area contributed by atoms with Crippen molar-refractivity contribution in [3.63, 3.8) is 0 Å². The Bertz CT molecular complexity index is 923. The highest BCUT2D eigenvalue weighted by Gasteiger charge is 2.62. The maximum Gasteiger partial charge on any atom is 0.408 e. The van der Waals surface area contributed by atoms with E-state index < -0.39 is 58.8 Å². The summed E-state index contributed by atoms with van der Waals surface area (Å²) in [5.41, 5.74) is -2.04. The van der Waals surface area contributed by atoms with Crippen LogP contribution >= 0.6 is 0 Å². The number of amides is 3. The number of esters is 1. The van der Waals surface area contributed by atoms with Crippen LogP contribution < -0.4 is 10.6 Å². The second kappa shape index (κ2) is 10.5. The lowest BCUT2D eigenvalue weighted by Crippen LogP contribution is -2.59. The number of carboxylic acid groups (broad SMARTS) is 1. The van der Waals surface area contributed by atoms with Crippen LogP contribution in [0.3, 0.4) is 0 Å². The van der Waals surface area contributed by atoms with E-state index in [9.17, 15) is 29.1 Å². The van der Waals surface area contributed by atoms with Crippen LogP contribution in [0.2, 0.25) is 0 Å². The molecule has 36 heavy (non-hydrogen) atoms. The Labute approximate surface area is 210 Å². The van der Waals surface area contributed by atoms with Gasteiger partial charge < -0.3 is 30.1 Å². The lowest BCUT2D eigenvalue weighted by molar-refractivity contribution is -0.148. The number of ether oxygens (including phenoxy) is 2. The number of carboxylic acids is 1. The first-order valence-corrected chi connectivity index (χ1v) is 12.4. The zero-order chi connectivity index (χ0) is 26.8. The zero-order valence-electron chi connectivity index (χ0n) is 21.4. The van der Waals surface area contributed by atoms with Crippen molar-refractivity contribution in [3.05, 3.63) is 12.7 Å². The van der Waals surface area contributed by atoms with Gasteiger partial charge in [0.25, 0.3) is 0 Å². The summed E-state index contributed by atoms with van der Waals surface area (Å²) in [5, 5.41) is 15.0. The highest BCUT2D eigenvalue weighted by Crippen LogP contribution is 2.45. The molecule has 2 aliphatic carbocycles. The lowest BCUT2D eigenvalue weighted by Gasteiger charge is -2.35. The molecule has 1 heterocycles. The largest absolute Gasteiger partial charge is 0.481 e. The second-order valence-electron chi connectivity index (χ2n) is 11.0. The molecule has 0 aromatic heterocycles. The Morgan fingerprint density at radius 2 is 1.81 bits per heavy atom. The normalized spacial score (nSPS) is 28.7. The molecule has 3 rings (SSSR count). The first-order chi connectivity index (χ1) is 16.8. The molecule has 3 N–H and O–H groups in total. The van der Waals surface area contributed by atoms with E-state index in [0.29, 0.717) is 6.42 Å². The minimum atomic E-state index is -1.28. The molecule has 0 radical (unpaired) electrons. The Morgan fingerprint density at radius 1 is 1.17 bits per heavy atom. The summed E-state index contributed by atoms with van der Waals surface area (Å²) in [6.07, 6.45) is 4.29. The molecule has 200 valence electrons. The fourth-order valence-electron chi connectivity index (χ4n) is 5.12. The average Bonchev–Trinajstić information content (AvgIpc) is 3.15. The summed E-state index contributed by atoms with van der Waals surface area (Å²) >= 11 is 0. The van der Waals surface area contributed by atoms with Crippen molar-refractivity contribution in [2.45, 2.75) is 83.0 Å². The van der Waals surface area contributed by atoms with E-state index in [2.05, 4.69) is 17.2 Å². The van der Waals surface area contributed by atoms with Crippen molar-refractivity contribution in [1.29, 1.82) is 0 Å². The van der Waals surface area contributed by atoms with Crippen LogP contribution in [0.5, 0.6) is 0 Å². The van der Waals surface area contributed by atoms with Gasteiger partial charge in [-0.15, -0.1) is 6.58 Å². The summed E-state index contributed by atoms with van der Waals surface area (Å²) < 4.78 is 10.3. The molecule has 0 aromatic carbocycles. The third kappa shape index (κ3) is 5.65. The van der Waals surface area contributed by atoms with E-state index in [4.69, 9.17) is 9.47 Å². The predicted octanol–water partition coefficient (Wildman–Crippen LogP) is 1.61. The molecule has 5 atom stereocenters. The van der Waals surface area contributed by atoms with Crippen LogP contribution in [-0.4, -0.2) is 77.2 Å². The molecular weight excluding hydrogens is 470 g/mol. The van der Waals surface area contributed by atoms with Gasteiger partial charge in [0.15, 0.2) is 0 Å². The van der Waals surface area contributed by atoms with E-state index in [1.54, 1.807) is 26.8 Å². The van der Waals surface area contributed by atoms with Crippen molar-refractivity contribution >= 4 is 29.8 Å². The number of nitrogens with one attached hydrogen (secondary N) is 2. The summed E-state index contributed by atoms with van der Waals surface area (Å²) in [6.45, 7) is 8.76. The molecule has 0 aromatic rings. The molecule has 0 spiro atoms. The maximum atomic E-state index is 13.7. The predicted molar refractivity (Wildman–Crippen MR) is 128 cm³/mol. The van der Waals surface area contributed by atoms with Gasteiger partial charge in [0.2, 0.25) is 11.8 Å². The van der Waals surface area contributed by atoms with Gasteiger partial charge in [-0.25, -0.2) is 9.59 Å². The Hall–Kier alpha value is -3.11. The van der Waals surface area contributed by atoms with E-state index in [-0.39, 0.29) is 25.0 Å². The summed E-state index contributed by atoms with van der Waals surface area (Å²) in [4.78, 5) is 65.0. The van der Waals surface area contributed by atoms with Gasteiger partial charge in [-0.2, -0.15) is 0 Å². The Morgan fingerprint density at radius 3 is 2.31 bits per heavy atom. The number of carbonyl (C=O) groups excluding carboxylic acids is 4. The fraction of sp³-hybridized carbons (Fsp3) is 0.720. The standard InChI is InChI=1S/C25H37N3O8/c1-6-15-12-25(15,22(33)35-5)27-19(29)17-11-14(21(31)32)13-28(17)20(30)18(24(2,3)4)26-23(34)36-16-9-7-8-10-16/h6,14-18H,1,7-13H2,2-5H3,(H,26,34)(H,27,29)(H,31,32)/t14-,15-,17+,18-,25-/m1/s1. The van der Waals surface area contributed by atoms with Gasteiger partial charge in [-0.05, 0) is 43.9 Å². The number of nitrogens with zero attached hydrogens (tertiary/aromatic N) is 1. The van der Waals surface area contributed by atoms with Crippen LogP contribution in [0.1, 0.15) is 59.3 Å². The molecule has 11 nitrogen and oxygen atoms in total. The van der Waals surface area contributed by atoms with E-state index in [0.717, 1.165) is 25.7 Å². The Balaban J connectivity index is 1.81. The quantitative estimate of drug-likeness (QED) is 0.331. The first kappa shape index (κ1) is 27.5. The zero-order valence-corrected chi connectivity index (χ0v) is 21.4. The molecule has 0 unspecified atom stereocenters. The van der Waals surface area contributed by atoms with E-state index in [1.165, 1.54) is 12.0 Å². The monoisotopic (exact) mass is 507 g/mol. The van der Waals surface area contributed by atoms with Gasteiger partial charge in [0.05, 0.1) is 13.0 Å². The third-order valence-corrected chi connectivity index (χ3v) is 7.38. The molecular formula is C25H37N3O8. The number of likely N-dealkylation sites (tertiary alicyclic amines) is 1. The number of methoxy groups -OCH3 is 1. The second-order valence-corrected chi connectivity index (χ2v) is 11.0. The first-order valence-electron chi connectivity index (χ1n) is 12.4. The van der Waals surface area contributed by atoms with Crippen LogP contribution in [-0.2, 0) is 28.7 Å². The molecule has 2 saturated carbocycles. The van der Waals surface area contributed by atoms with E-state index >= 15 is 0 Å². The number of hydrogen-bond acceptors (Lipinski definition) is 7. The van der Waals surface area contributed by atoms with Crippen molar-refractivity contribution in [3.8, 4) is 0 Å². The topological polar surface area (TPSA) is 151 Å². The summed E-state index contributed by atoms with van der Waals surface area (Å²) in [5.74, 6) is -4.30. The fourth-order valence-corrected chi connectivity index (χ4v) is 5.12. The molecule has 3 aliphatic rings. The smallest absolute Gasteiger partial charge is 0.408 e. The number of rotatable bonds is 8. The van der Waals surface area contributed by atoms with Crippen molar-refractivity contribution in [2.24, 2.45) is 17.3 Å². The van der Waals surface area contributed by atoms with Crippen molar-refractivity contribution < 1.29 is 38.6 Å². The molecule has 3 amide bonds. The van der Waals surface area contributed by atoms with Gasteiger partial charge >= 0.3 is 18.0 Å². The number of carbonyl (C=O) groups is 5. The number of hydrogen-bond donors (Lipinski definition) is 3. The van der Waals surface area contributed by atoms with Crippen LogP contribution in [0.15, 0.2) is 12.7 Å². The number of alkyl carbamates (subject to hydrolysis) is 1. The van der Waals surface area contributed by atoms with Crippen LogP contribution in [0.4, 0.5) is 4.79 Å². The van der Waals surface area contributed by atoms with E-state index in [1.807, 2.05) is 0 Å². The SMILES string of the molecule is C=C[C@@H]1C[C@]1(NC(=O)[C@@H]1C[C@@H](C(=O)O)CN1C(=O)[C@@H](NC(=O)OC1CCCC1)C(C)(C)C)C(=O)OC. The molecule has 0 bridgehead atoms. The molecule has 3 fully saturated rings. The Kier molecular flexibility index (Phi) is 8.00. The highest BCUT2D eigenvalue weighted by molar-refractivity contribution is 5.97. The van der Waals surface area contributed by atoms with Gasteiger partial charge in [-0.3, -0.25) is 14.4 Å². The van der Waals surface area contributed by atoms with Crippen molar-refractivity contribution in [1.82, 2.24) is 15.5 Å². The molecule has 1 aliphatic heterocycles. The van der Waals surface area contributed by atoms with Gasteiger partial charge in [0.1, 0.15) is 23.7 Å². The minimum absolute atomic E-state index is 0.119. The molecule has 1 saturated heterocycles. The average molecular weight is 508 g/mol. The van der Waals surface area contributed by atoms with Crippen molar-refractivity contribution in [2.75, 3.05) is 13.7 Å². The minimum Gasteiger partial charge on any atom is -0.481 e. The molecule has 11 heteroatoms. The van der Waals surface area contributed by atoms with Gasteiger partial charge in [-0.1, -0.05) is 26.8 Å². The highest BCUT2D eigenvalue weighted by atomic mass is 16.6. The lowest BCUT2D eigenvalue weighted by atomic mass is 9.85. The third-order valence-electron chi connectivity index (χ3n) is 7.38. The van der Waals surface area contributed by atoms with Crippen LogP contribution in [0.25, 0.3) is 0 Å². The van der Waals surface area contributed by atoms with Crippen LogP contribution in [0, 0.1) is 17.3 Å². The maximum absolute atomic E-state index is 13.7. The number of aliphatic carboxylic acids is 1. The summed E-state index contributed by atoms with van der Waals surface area (Å²) in [6, 6.07) is -2.20. The summed E-state index contributed by atoms with van der Waals surface area (Å²) in [7, 11) is 1.21.